The standard InChI is InChI=1S/C14H9F3O2.Eu/c15-14(16,17)13(19)8-12(18)11-7-3-5-9-4-1-2-6-10(9)11;/h1-7H,8H2;. The molecule has 0 fully saturated rings. The van der Waals surface area contributed by atoms with Crippen LogP contribution in [0.5, 0.6) is 0 Å². The molecule has 2 rings (SSSR count). The van der Waals surface area contributed by atoms with Gasteiger partial charge in [-0.2, -0.15) is 13.2 Å². The Morgan fingerprint density at radius 2 is 1.55 bits per heavy atom. The Kier molecular flexibility index (Phi) is 6.04. The van der Waals surface area contributed by atoms with Gasteiger partial charge in [0.25, 0.3) is 0 Å². The third kappa shape index (κ3) is 3.96. The molecule has 0 aliphatic carbocycles. The summed E-state index contributed by atoms with van der Waals surface area (Å²) in [7, 11) is 0. The fraction of sp³-hybridized carbons (Fsp3) is 0.143. The summed E-state index contributed by atoms with van der Waals surface area (Å²) in [6.45, 7) is 0. The molecule has 0 heterocycles. The van der Waals surface area contributed by atoms with E-state index in [0.29, 0.717) is 5.39 Å². The van der Waals surface area contributed by atoms with Crippen molar-refractivity contribution in [2.45, 2.75) is 12.6 Å². The van der Waals surface area contributed by atoms with Crippen LogP contribution in [0.2, 0.25) is 0 Å². The maximum absolute atomic E-state index is 12.1. The van der Waals surface area contributed by atoms with Gasteiger partial charge in [-0.15, -0.1) is 0 Å². The molecule has 2 aromatic rings. The van der Waals surface area contributed by atoms with E-state index in [-0.39, 0.29) is 54.9 Å². The summed E-state index contributed by atoms with van der Waals surface area (Å²) >= 11 is 0. The number of hydrogen-bond donors (Lipinski definition) is 0. The minimum atomic E-state index is -4.97. The van der Waals surface area contributed by atoms with Gasteiger partial charge < -0.3 is 0 Å². The summed E-state index contributed by atoms with van der Waals surface area (Å²) in [6.07, 6.45) is -6.13. The first-order valence-corrected chi connectivity index (χ1v) is 5.50. The monoisotopic (exact) mass is 419 g/mol. The van der Waals surface area contributed by atoms with E-state index in [2.05, 4.69) is 0 Å². The number of benzene rings is 2. The normalized spacial score (nSPS) is 10.9. The Morgan fingerprint density at radius 3 is 2.20 bits per heavy atom. The topological polar surface area (TPSA) is 34.1 Å². The Bertz CT molecular complexity index is 645. The molecule has 0 aliphatic rings. The molecule has 0 N–H and O–H groups in total. The molecule has 0 unspecified atom stereocenters. The Morgan fingerprint density at radius 1 is 0.950 bits per heavy atom. The maximum atomic E-state index is 12.1. The predicted molar refractivity (Wildman–Crippen MR) is 64.0 cm³/mol. The molecule has 0 aliphatic heterocycles. The third-order valence-corrected chi connectivity index (χ3v) is 2.73. The molecular weight excluding hydrogens is 409 g/mol. The average Bonchev–Trinajstić information content (AvgIpc) is 2.36. The molecule has 20 heavy (non-hydrogen) atoms. The zero-order chi connectivity index (χ0) is 14.0. The van der Waals surface area contributed by atoms with E-state index >= 15 is 0 Å². The molecule has 0 saturated carbocycles. The number of alkyl halides is 3. The summed E-state index contributed by atoms with van der Waals surface area (Å²) in [5.41, 5.74) is 0.135. The van der Waals surface area contributed by atoms with Crippen LogP contribution in [0.25, 0.3) is 10.8 Å². The third-order valence-electron chi connectivity index (χ3n) is 2.73. The molecule has 0 saturated heterocycles. The van der Waals surface area contributed by atoms with Crippen molar-refractivity contribution in [2.75, 3.05) is 0 Å². The van der Waals surface area contributed by atoms with Crippen molar-refractivity contribution in [3.05, 3.63) is 48.0 Å². The van der Waals surface area contributed by atoms with E-state index < -0.39 is 24.2 Å². The molecule has 0 spiro atoms. The summed E-state index contributed by atoms with van der Waals surface area (Å²) in [5, 5.41) is 1.29. The van der Waals surface area contributed by atoms with Gasteiger partial charge in [-0.25, -0.2) is 0 Å². The first-order chi connectivity index (χ1) is 8.89. The molecular formula is C14H9EuF3O2. The van der Waals surface area contributed by atoms with E-state index in [1.165, 1.54) is 6.07 Å². The molecule has 2 aromatic carbocycles. The Labute approximate surface area is 153 Å². The van der Waals surface area contributed by atoms with Gasteiger partial charge >= 0.3 is 6.18 Å². The van der Waals surface area contributed by atoms with Crippen LogP contribution < -0.4 is 0 Å². The number of Topliss-reactive ketones (excluding diaryl/α,β-unsaturated/α-hetero) is 2. The van der Waals surface area contributed by atoms with Gasteiger partial charge in [0.05, 0.1) is 6.42 Å². The van der Waals surface area contributed by atoms with E-state index in [0.717, 1.165) is 5.39 Å². The molecule has 6 heteroatoms. The molecule has 0 atom stereocenters. The van der Waals surface area contributed by atoms with Gasteiger partial charge in [0.2, 0.25) is 5.78 Å². The molecule has 1 radical (unpaired) electrons. The summed E-state index contributed by atoms with van der Waals surface area (Å²) in [5.74, 6) is -2.84. The van der Waals surface area contributed by atoms with Crippen molar-refractivity contribution >= 4 is 22.3 Å². The van der Waals surface area contributed by atoms with Gasteiger partial charge in [0.1, 0.15) is 0 Å². The smallest absolute Gasteiger partial charge is 0.294 e. The van der Waals surface area contributed by atoms with Crippen LogP contribution in [-0.4, -0.2) is 17.7 Å². The quantitative estimate of drug-likeness (QED) is 0.565. The second kappa shape index (κ2) is 6.92. The summed E-state index contributed by atoms with van der Waals surface area (Å²) in [4.78, 5) is 22.6. The molecule has 0 aromatic heterocycles. The fourth-order valence-corrected chi connectivity index (χ4v) is 1.81. The number of rotatable bonds is 3. The largest absolute Gasteiger partial charge is 0.450 e. The average molecular weight is 418 g/mol. The van der Waals surface area contributed by atoms with Crippen LogP contribution in [-0.2, 0) is 4.79 Å². The van der Waals surface area contributed by atoms with Gasteiger partial charge in [0.15, 0.2) is 5.78 Å². The molecule has 0 amide bonds. The SMILES string of the molecule is O=C(CC(=O)C(F)(F)F)c1cccc2ccccc12.[Eu]. The number of fused-ring (bicyclic) bond motifs is 1. The van der Waals surface area contributed by atoms with Gasteiger partial charge in [0, 0.05) is 54.9 Å². The van der Waals surface area contributed by atoms with Crippen molar-refractivity contribution in [3.63, 3.8) is 0 Å². The second-order valence-corrected chi connectivity index (χ2v) is 4.05. The van der Waals surface area contributed by atoms with Crippen molar-refractivity contribution in [1.82, 2.24) is 0 Å². The van der Waals surface area contributed by atoms with Crippen LogP contribution in [0.4, 0.5) is 13.2 Å². The predicted octanol–water partition coefficient (Wildman–Crippen LogP) is 3.54. The van der Waals surface area contributed by atoms with E-state index in [1.54, 1.807) is 36.4 Å². The van der Waals surface area contributed by atoms with Crippen LogP contribution in [0, 0.1) is 49.4 Å². The Balaban J connectivity index is 0.00000200. The Hall–Kier alpha value is -0.586. The van der Waals surface area contributed by atoms with Crippen molar-refractivity contribution in [3.8, 4) is 0 Å². The number of hydrogen-bond acceptors (Lipinski definition) is 2. The van der Waals surface area contributed by atoms with E-state index in [4.69, 9.17) is 0 Å². The fourth-order valence-electron chi connectivity index (χ4n) is 1.81. The van der Waals surface area contributed by atoms with Crippen molar-refractivity contribution < 1.29 is 72.1 Å². The molecule has 0 bridgehead atoms. The first-order valence-electron chi connectivity index (χ1n) is 5.50. The first kappa shape index (κ1) is 17.5. The molecule has 2 nitrogen and oxygen atoms in total. The van der Waals surface area contributed by atoms with Crippen molar-refractivity contribution in [1.29, 1.82) is 0 Å². The van der Waals surface area contributed by atoms with Crippen LogP contribution in [0.15, 0.2) is 42.5 Å². The summed E-state index contributed by atoms with van der Waals surface area (Å²) in [6, 6.07) is 11.6. The van der Waals surface area contributed by atoms with Crippen LogP contribution in [0.3, 0.4) is 0 Å². The second-order valence-electron chi connectivity index (χ2n) is 4.05. The maximum Gasteiger partial charge on any atom is 0.450 e. The molecule has 105 valence electrons. The van der Waals surface area contributed by atoms with E-state index in [1.807, 2.05) is 0 Å². The minimum Gasteiger partial charge on any atom is -0.294 e. The number of carbonyl (C=O) groups excluding carboxylic acids is 2. The van der Waals surface area contributed by atoms with Crippen molar-refractivity contribution in [2.24, 2.45) is 0 Å². The number of carbonyl (C=O) groups is 2. The van der Waals surface area contributed by atoms with E-state index in [9.17, 15) is 22.8 Å². The van der Waals surface area contributed by atoms with Crippen LogP contribution >= 0.6 is 0 Å². The minimum absolute atomic E-state index is 0. The van der Waals surface area contributed by atoms with Gasteiger partial charge in [-0.1, -0.05) is 42.5 Å². The number of halogens is 3. The zero-order valence-corrected chi connectivity index (χ0v) is 12.5. The summed E-state index contributed by atoms with van der Waals surface area (Å²) < 4.78 is 36.4. The van der Waals surface area contributed by atoms with Gasteiger partial charge in [-0.05, 0) is 10.8 Å². The number of ketones is 2. The zero-order valence-electron chi connectivity index (χ0n) is 10.1. The van der Waals surface area contributed by atoms with Gasteiger partial charge in [-0.3, -0.25) is 9.59 Å². The van der Waals surface area contributed by atoms with Crippen LogP contribution in [0.1, 0.15) is 16.8 Å².